The lowest BCUT2D eigenvalue weighted by Crippen LogP contribution is -2.28. The largest absolute Gasteiger partial charge is 0.349 e. The van der Waals surface area contributed by atoms with Crippen LogP contribution in [0.5, 0.6) is 0 Å². The molecule has 1 heterocycles. The van der Waals surface area contributed by atoms with Crippen molar-refractivity contribution in [2.75, 3.05) is 11.1 Å². The molecule has 7 heteroatoms. The van der Waals surface area contributed by atoms with E-state index in [1.807, 2.05) is 49.4 Å². The van der Waals surface area contributed by atoms with E-state index >= 15 is 0 Å². The summed E-state index contributed by atoms with van der Waals surface area (Å²) in [6.07, 6.45) is 0. The van der Waals surface area contributed by atoms with Gasteiger partial charge in [-0.25, -0.2) is 0 Å². The predicted molar refractivity (Wildman–Crippen MR) is 117 cm³/mol. The molecule has 3 rings (SSSR count). The Morgan fingerprint density at radius 1 is 1.00 bits per heavy atom. The zero-order chi connectivity index (χ0) is 19.9. The highest BCUT2D eigenvalue weighted by Crippen LogP contribution is 2.28. The van der Waals surface area contributed by atoms with E-state index in [0.29, 0.717) is 11.7 Å². The number of aromatic nitrogens is 2. The minimum Gasteiger partial charge on any atom is -0.349 e. The number of benzene rings is 2. The maximum absolute atomic E-state index is 12.2. The number of thioether (sulfide) groups is 1. The summed E-state index contributed by atoms with van der Waals surface area (Å²) in [5.41, 5.74) is 3.37. The van der Waals surface area contributed by atoms with Crippen LogP contribution in [0.25, 0.3) is 0 Å². The maximum Gasteiger partial charge on any atom is 0.230 e. The molecule has 2 aromatic carbocycles. The zero-order valence-corrected chi connectivity index (χ0v) is 17.8. The van der Waals surface area contributed by atoms with Crippen molar-refractivity contribution in [2.24, 2.45) is 0 Å². The molecule has 3 aromatic rings. The fourth-order valence-corrected chi connectivity index (χ4v) is 4.21. The Morgan fingerprint density at radius 3 is 2.39 bits per heavy atom. The van der Waals surface area contributed by atoms with Crippen molar-refractivity contribution >= 4 is 39.8 Å². The van der Waals surface area contributed by atoms with Gasteiger partial charge < -0.3 is 10.6 Å². The van der Waals surface area contributed by atoms with Crippen LogP contribution in [0.3, 0.4) is 0 Å². The Labute approximate surface area is 174 Å². The number of carbonyl (C=O) groups is 1. The fraction of sp³-hybridized carbons (Fsp3) is 0.286. The van der Waals surface area contributed by atoms with Gasteiger partial charge in [0.05, 0.1) is 11.8 Å². The summed E-state index contributed by atoms with van der Waals surface area (Å²) < 4.78 is 0.767. The fourth-order valence-electron chi connectivity index (χ4n) is 2.63. The van der Waals surface area contributed by atoms with Gasteiger partial charge in [0.1, 0.15) is 0 Å². The SMILES string of the molecule is CC(C)c1ccc(Nc2nnc(SCC(=O)N[C@H](C)c3ccccc3)s2)cc1. The number of carbonyl (C=O) groups excluding carboxylic acids is 1. The molecule has 1 atom stereocenters. The molecule has 0 bridgehead atoms. The van der Waals surface area contributed by atoms with Gasteiger partial charge in [0.15, 0.2) is 4.34 Å². The van der Waals surface area contributed by atoms with E-state index in [1.165, 1.54) is 28.7 Å². The van der Waals surface area contributed by atoms with E-state index in [2.05, 4.69) is 46.8 Å². The number of rotatable bonds is 8. The standard InChI is InChI=1S/C21H24N4OS2/c1-14(2)16-9-11-18(12-10-16)23-20-24-25-21(28-20)27-13-19(26)22-15(3)17-7-5-4-6-8-17/h4-12,14-15H,13H2,1-3H3,(H,22,26)(H,23,24)/t15-/m1/s1. The van der Waals surface area contributed by atoms with E-state index in [1.54, 1.807) is 0 Å². The molecule has 146 valence electrons. The minimum absolute atomic E-state index is 0.0182. The van der Waals surface area contributed by atoms with E-state index in [-0.39, 0.29) is 11.9 Å². The third-order valence-corrected chi connectivity index (χ3v) is 6.21. The lowest BCUT2D eigenvalue weighted by Gasteiger charge is -2.13. The highest BCUT2D eigenvalue weighted by atomic mass is 32.2. The number of hydrogen-bond donors (Lipinski definition) is 2. The first-order valence-corrected chi connectivity index (χ1v) is 11.0. The van der Waals surface area contributed by atoms with Crippen LogP contribution in [0.2, 0.25) is 0 Å². The van der Waals surface area contributed by atoms with Crippen molar-refractivity contribution in [3.8, 4) is 0 Å². The molecule has 0 aliphatic heterocycles. The van der Waals surface area contributed by atoms with Crippen molar-refractivity contribution in [1.29, 1.82) is 0 Å². The van der Waals surface area contributed by atoms with Crippen molar-refractivity contribution in [3.05, 3.63) is 65.7 Å². The summed E-state index contributed by atoms with van der Waals surface area (Å²) in [6.45, 7) is 6.33. The highest BCUT2D eigenvalue weighted by molar-refractivity contribution is 8.01. The zero-order valence-electron chi connectivity index (χ0n) is 16.2. The normalized spacial score (nSPS) is 12.0. The van der Waals surface area contributed by atoms with Crippen molar-refractivity contribution in [3.63, 3.8) is 0 Å². The molecule has 0 aliphatic carbocycles. The molecule has 2 N–H and O–H groups in total. The van der Waals surface area contributed by atoms with E-state index in [9.17, 15) is 4.79 Å². The quantitative estimate of drug-likeness (QED) is 0.487. The van der Waals surface area contributed by atoms with Gasteiger partial charge in [0, 0.05) is 5.69 Å². The van der Waals surface area contributed by atoms with Gasteiger partial charge in [0.25, 0.3) is 0 Å². The van der Waals surface area contributed by atoms with Gasteiger partial charge in [-0.3, -0.25) is 4.79 Å². The Balaban J connectivity index is 1.48. The van der Waals surface area contributed by atoms with Gasteiger partial charge in [-0.15, -0.1) is 10.2 Å². The van der Waals surface area contributed by atoms with Gasteiger partial charge in [-0.2, -0.15) is 0 Å². The van der Waals surface area contributed by atoms with E-state index < -0.39 is 0 Å². The lowest BCUT2D eigenvalue weighted by atomic mass is 10.0. The molecular formula is C21H24N4OS2. The average Bonchev–Trinajstić information content (AvgIpc) is 3.15. The van der Waals surface area contributed by atoms with Crippen LogP contribution in [0.4, 0.5) is 10.8 Å². The van der Waals surface area contributed by atoms with Gasteiger partial charge >= 0.3 is 0 Å². The highest BCUT2D eigenvalue weighted by Gasteiger charge is 2.12. The van der Waals surface area contributed by atoms with Crippen molar-refractivity contribution < 1.29 is 4.79 Å². The molecule has 0 saturated heterocycles. The average molecular weight is 413 g/mol. The Hall–Kier alpha value is -2.38. The third-order valence-electron chi connectivity index (χ3n) is 4.24. The molecule has 0 aliphatic rings. The van der Waals surface area contributed by atoms with Crippen molar-refractivity contribution in [2.45, 2.75) is 37.1 Å². The summed E-state index contributed by atoms with van der Waals surface area (Å²) >= 11 is 2.84. The number of amides is 1. The minimum atomic E-state index is -0.0187. The molecule has 1 aromatic heterocycles. The van der Waals surface area contributed by atoms with Crippen LogP contribution in [0.1, 0.15) is 43.9 Å². The van der Waals surface area contributed by atoms with E-state index in [4.69, 9.17) is 0 Å². The number of nitrogens with zero attached hydrogens (tertiary/aromatic N) is 2. The second-order valence-corrected chi connectivity index (χ2v) is 8.96. The molecular weight excluding hydrogens is 388 g/mol. The smallest absolute Gasteiger partial charge is 0.230 e. The van der Waals surface area contributed by atoms with Gasteiger partial charge in [-0.1, -0.05) is 79.4 Å². The number of nitrogens with one attached hydrogen (secondary N) is 2. The first kappa shape index (κ1) is 20.4. The van der Waals surface area contributed by atoms with Crippen LogP contribution in [-0.4, -0.2) is 21.9 Å². The Bertz CT molecular complexity index is 894. The van der Waals surface area contributed by atoms with Crippen LogP contribution in [-0.2, 0) is 4.79 Å². The first-order chi connectivity index (χ1) is 13.5. The second-order valence-electron chi connectivity index (χ2n) is 6.76. The maximum atomic E-state index is 12.2. The summed E-state index contributed by atoms with van der Waals surface area (Å²) in [6, 6.07) is 18.2. The second kappa shape index (κ2) is 9.71. The molecule has 0 radical (unpaired) electrons. The van der Waals surface area contributed by atoms with Gasteiger partial charge in [0.2, 0.25) is 11.0 Å². The Morgan fingerprint density at radius 2 is 1.71 bits per heavy atom. The first-order valence-electron chi connectivity index (χ1n) is 9.19. The van der Waals surface area contributed by atoms with Crippen LogP contribution in [0, 0.1) is 0 Å². The topological polar surface area (TPSA) is 66.9 Å². The molecule has 1 amide bonds. The molecule has 0 fully saturated rings. The monoisotopic (exact) mass is 412 g/mol. The van der Waals surface area contributed by atoms with Gasteiger partial charge in [-0.05, 0) is 36.1 Å². The molecule has 5 nitrogen and oxygen atoms in total. The molecule has 0 spiro atoms. The van der Waals surface area contributed by atoms with Crippen LogP contribution >= 0.6 is 23.1 Å². The summed E-state index contributed by atoms with van der Waals surface area (Å²) in [4.78, 5) is 12.2. The lowest BCUT2D eigenvalue weighted by molar-refractivity contribution is -0.119. The molecule has 0 unspecified atom stereocenters. The molecule has 0 saturated carbocycles. The third kappa shape index (κ3) is 5.81. The predicted octanol–water partition coefficient (Wildman–Crippen LogP) is 5.37. The summed E-state index contributed by atoms with van der Waals surface area (Å²) in [5.74, 6) is 0.805. The summed E-state index contributed by atoms with van der Waals surface area (Å²) in [7, 11) is 0. The van der Waals surface area contributed by atoms with Crippen LogP contribution in [0.15, 0.2) is 58.9 Å². The van der Waals surface area contributed by atoms with Crippen molar-refractivity contribution in [1.82, 2.24) is 15.5 Å². The van der Waals surface area contributed by atoms with Crippen LogP contribution < -0.4 is 10.6 Å². The van der Waals surface area contributed by atoms with E-state index in [0.717, 1.165) is 20.7 Å². The molecule has 28 heavy (non-hydrogen) atoms. The number of anilines is 2. The summed E-state index contributed by atoms with van der Waals surface area (Å²) in [5, 5.41) is 15.3. The Kier molecular flexibility index (Phi) is 7.06. The number of hydrogen-bond acceptors (Lipinski definition) is 6.